The minimum Gasteiger partial charge on any atom is -0.535 e. The third kappa shape index (κ3) is 12.2. The summed E-state index contributed by atoms with van der Waals surface area (Å²) in [7, 11) is -7.13. The Labute approximate surface area is 417 Å². The van der Waals surface area contributed by atoms with Crippen molar-refractivity contribution >= 4 is 92.6 Å². The number of hydrogen-bond acceptors (Lipinski definition) is 20. The molecular formula is C43H54B2N10O13S3. The summed E-state index contributed by atoms with van der Waals surface area (Å²) < 4.78 is 36.4. The van der Waals surface area contributed by atoms with E-state index in [1.165, 1.54) is 30.6 Å². The number of nitrogens with two attached hydrogens (primary N) is 3. The number of amides is 4. The summed E-state index contributed by atoms with van der Waals surface area (Å²) in [5.41, 5.74) is 19.9. The molecule has 2 aromatic heterocycles. The first-order valence-corrected chi connectivity index (χ1v) is 25.9. The molecule has 5 atom stereocenters. The largest absolute Gasteiger partial charge is 0.535 e. The Morgan fingerprint density at radius 3 is 1.72 bits per heavy atom. The van der Waals surface area contributed by atoms with Crippen molar-refractivity contribution in [2.24, 2.45) is 11.7 Å². The summed E-state index contributed by atoms with van der Waals surface area (Å²) in [6.45, 7) is 4.10. The molecule has 6 heterocycles. The molecule has 11 N–H and O–H groups in total. The standard InChI is InChI=1S/C23H30BN5O5S.C20H24BN5O8S2/c1-13(30)17-6-2-5-15-8-16(24(33)34-21(15)17)9-19(31)20(18-12-35-22(26)27-18)28-23(32)29-7-3-4-14(10-25)11-29;1-11(27)14-5-2-4-12-8-13(21(30)34-18(12)14)9-16(28)17(15-10-35-19(22)23-15)24-20(29)25-6-3-7-26(31)36(25,32)33/h2,5-6,12,14,16,20,33H,3-4,7-11,25H2,1H3,(H2,26,27)(H,28,32);2,4-5,10,13,17,30-31H,3,6-9H2,1H3,(H2,22,23)(H,24,29)/t14?,16-,20?;13-,17?/m11/s1. The molecule has 0 aliphatic carbocycles. The zero-order valence-electron chi connectivity index (χ0n) is 38.8. The van der Waals surface area contributed by atoms with Crippen LogP contribution in [0.3, 0.4) is 0 Å². The fraction of sp³-hybridized carbons (Fsp3) is 0.442. The number of Topliss-reactive ketones (excluding diaryl/α,β-unsaturated/α-hetero) is 4. The summed E-state index contributed by atoms with van der Waals surface area (Å²) in [6.07, 6.45) is 2.28. The molecule has 4 aliphatic rings. The fourth-order valence-corrected chi connectivity index (χ4v) is 11.3. The van der Waals surface area contributed by atoms with Gasteiger partial charge in [0.05, 0.1) is 22.5 Å². The second-order valence-corrected chi connectivity index (χ2v) is 21.2. The number of urea groups is 2. The molecule has 378 valence electrons. The van der Waals surface area contributed by atoms with Gasteiger partial charge >= 0.3 is 36.5 Å². The minimum absolute atomic E-state index is 0.0568. The average molecular weight is 1040 g/mol. The van der Waals surface area contributed by atoms with E-state index in [1.54, 1.807) is 40.6 Å². The number of likely N-dealkylation sites (tertiary alicyclic amines) is 1. The quantitative estimate of drug-likeness (QED) is 0.0704. The van der Waals surface area contributed by atoms with Gasteiger partial charge < -0.3 is 52.1 Å². The maximum atomic E-state index is 13.4. The number of thiazole rings is 2. The number of benzene rings is 2. The number of nitrogens with zero attached hydrogens (tertiary/aromatic N) is 5. The van der Waals surface area contributed by atoms with E-state index in [-0.39, 0.29) is 89.1 Å². The topological polar surface area (TPSA) is 353 Å². The lowest BCUT2D eigenvalue weighted by Crippen LogP contribution is -2.54. The maximum Gasteiger partial charge on any atom is 0.526 e. The Hall–Kier alpha value is -6.00. The van der Waals surface area contributed by atoms with Crippen LogP contribution in [0.15, 0.2) is 47.2 Å². The van der Waals surface area contributed by atoms with Crippen LogP contribution in [0.25, 0.3) is 0 Å². The molecule has 0 saturated carbocycles. The molecule has 4 aliphatic heterocycles. The predicted molar refractivity (Wildman–Crippen MR) is 262 cm³/mol. The van der Waals surface area contributed by atoms with Gasteiger partial charge in [0.2, 0.25) is 0 Å². The smallest absolute Gasteiger partial charge is 0.526 e. The number of hydroxylamine groups is 1. The summed E-state index contributed by atoms with van der Waals surface area (Å²) in [4.78, 5) is 86.5. The lowest BCUT2D eigenvalue weighted by atomic mass is 9.64. The lowest BCUT2D eigenvalue weighted by molar-refractivity contribution is -0.122. The van der Waals surface area contributed by atoms with Gasteiger partial charge in [0.15, 0.2) is 33.4 Å². The van der Waals surface area contributed by atoms with Crippen LogP contribution < -0.4 is 37.1 Å². The molecule has 28 heteroatoms. The van der Waals surface area contributed by atoms with Crippen LogP contribution in [0.2, 0.25) is 11.6 Å². The Morgan fingerprint density at radius 1 is 0.775 bits per heavy atom. The Morgan fingerprint density at radius 2 is 1.27 bits per heavy atom. The third-order valence-corrected chi connectivity index (χ3v) is 15.6. The van der Waals surface area contributed by atoms with E-state index < -0.39 is 60.0 Å². The average Bonchev–Trinajstić information content (AvgIpc) is 3.98. The third-order valence-electron chi connectivity index (χ3n) is 12.6. The lowest BCUT2D eigenvalue weighted by Gasteiger charge is -2.33. The van der Waals surface area contributed by atoms with Crippen molar-refractivity contribution < 1.29 is 61.7 Å². The van der Waals surface area contributed by atoms with Gasteiger partial charge in [0.25, 0.3) is 0 Å². The number of carbonyl (C=O) groups excluding carboxylic acids is 6. The van der Waals surface area contributed by atoms with Crippen LogP contribution in [-0.4, -0.2) is 129 Å². The Balaban J connectivity index is 0.000000209. The predicted octanol–water partition coefficient (Wildman–Crippen LogP) is 2.56. The SMILES string of the molecule is CC(=O)c1cccc2c1OB(O)[C@@H](CC(=O)C(NC(=O)N1CCCC(CN)C1)c1csc(N)n1)C2.CC(=O)c1cccc2c1OB(O)[C@@H](CC(=O)C(NC(=O)N1CCCN(O)S1(=O)=O)c1csc(N)n1)C2. The molecule has 4 aromatic rings. The van der Waals surface area contributed by atoms with Crippen molar-refractivity contribution in [3.05, 3.63) is 80.8 Å². The first-order valence-electron chi connectivity index (χ1n) is 22.7. The second kappa shape index (κ2) is 22.6. The molecule has 2 aromatic carbocycles. The molecule has 8 rings (SSSR count). The van der Waals surface area contributed by atoms with Gasteiger partial charge in [-0.2, -0.15) is 8.42 Å². The molecule has 71 heavy (non-hydrogen) atoms. The molecule has 4 amide bonds. The number of piperidine rings is 1. The number of rotatable bonds is 13. The summed E-state index contributed by atoms with van der Waals surface area (Å²) >= 11 is 2.22. The van der Waals surface area contributed by atoms with Gasteiger partial charge in [-0.05, 0) is 81.7 Å². The summed E-state index contributed by atoms with van der Waals surface area (Å²) in [5, 5.41) is 39.6. The van der Waals surface area contributed by atoms with Crippen LogP contribution in [0.1, 0.15) is 101 Å². The van der Waals surface area contributed by atoms with Crippen LogP contribution >= 0.6 is 22.7 Å². The molecule has 2 saturated heterocycles. The zero-order chi connectivity index (χ0) is 51.3. The van der Waals surface area contributed by atoms with Gasteiger partial charge in [0, 0.05) is 61.4 Å². The van der Waals surface area contributed by atoms with Crippen molar-refractivity contribution in [3.8, 4) is 11.5 Å². The van der Waals surface area contributed by atoms with Crippen molar-refractivity contribution in [2.75, 3.05) is 44.2 Å². The van der Waals surface area contributed by atoms with Gasteiger partial charge in [-0.25, -0.2) is 23.9 Å². The van der Waals surface area contributed by atoms with Gasteiger partial charge in [0.1, 0.15) is 23.6 Å². The molecule has 3 unspecified atom stereocenters. The number of aromatic nitrogens is 2. The highest BCUT2D eigenvalue weighted by molar-refractivity contribution is 7.87. The number of nitrogen functional groups attached to an aromatic ring is 2. The van der Waals surface area contributed by atoms with E-state index in [0.29, 0.717) is 63.6 Å². The molecule has 2 fully saturated rings. The number of carbonyl (C=O) groups is 6. The molecule has 23 nitrogen and oxygen atoms in total. The van der Waals surface area contributed by atoms with E-state index in [1.807, 2.05) is 6.07 Å². The number of para-hydroxylation sites is 2. The monoisotopic (exact) mass is 1040 g/mol. The van der Waals surface area contributed by atoms with E-state index >= 15 is 0 Å². The van der Waals surface area contributed by atoms with Crippen LogP contribution in [-0.2, 0) is 32.6 Å². The second-order valence-electron chi connectivity index (χ2n) is 17.6. The van der Waals surface area contributed by atoms with E-state index in [9.17, 15) is 52.4 Å². The molecule has 0 spiro atoms. The number of anilines is 2. The minimum atomic E-state index is -4.46. The highest BCUT2D eigenvalue weighted by Crippen LogP contribution is 2.39. The van der Waals surface area contributed by atoms with E-state index in [2.05, 4.69) is 20.6 Å². The first-order chi connectivity index (χ1) is 33.7. The van der Waals surface area contributed by atoms with E-state index in [0.717, 1.165) is 29.7 Å². The summed E-state index contributed by atoms with van der Waals surface area (Å²) in [6, 6.07) is 6.36. The molecular weight excluding hydrogens is 982 g/mol. The van der Waals surface area contributed by atoms with Gasteiger partial charge in [-0.1, -0.05) is 28.7 Å². The van der Waals surface area contributed by atoms with Crippen molar-refractivity contribution in [1.29, 1.82) is 0 Å². The summed E-state index contributed by atoms with van der Waals surface area (Å²) in [5.74, 6) is -1.69. The van der Waals surface area contributed by atoms with Gasteiger partial charge in [-0.3, -0.25) is 24.4 Å². The van der Waals surface area contributed by atoms with Crippen LogP contribution in [0, 0.1) is 5.92 Å². The first kappa shape index (κ1) is 52.8. The molecule has 0 bridgehead atoms. The Kier molecular flexibility index (Phi) is 16.8. The normalized spacial score (nSPS) is 20.4. The Bertz CT molecular complexity index is 2780. The fourth-order valence-electron chi connectivity index (χ4n) is 8.88. The van der Waals surface area contributed by atoms with Crippen LogP contribution in [0.4, 0.5) is 19.9 Å². The zero-order valence-corrected chi connectivity index (χ0v) is 41.2. The van der Waals surface area contributed by atoms with Crippen molar-refractivity contribution in [1.82, 2.24) is 34.3 Å². The van der Waals surface area contributed by atoms with Gasteiger partial charge in [-0.15, -0.1) is 22.7 Å². The number of ketones is 4. The number of nitrogens with one attached hydrogen (secondary N) is 2. The van der Waals surface area contributed by atoms with Crippen molar-refractivity contribution in [3.63, 3.8) is 0 Å². The van der Waals surface area contributed by atoms with Crippen LogP contribution in [0.5, 0.6) is 11.5 Å². The highest BCUT2D eigenvalue weighted by atomic mass is 32.2. The number of hydrogen-bond donors (Lipinski definition) is 8. The maximum absolute atomic E-state index is 13.4. The van der Waals surface area contributed by atoms with Crippen molar-refractivity contribution in [2.45, 2.75) is 82.5 Å². The molecule has 0 radical (unpaired) electrons. The highest BCUT2D eigenvalue weighted by Gasteiger charge is 2.43. The number of fused-ring (bicyclic) bond motifs is 2. The van der Waals surface area contributed by atoms with E-state index in [4.69, 9.17) is 26.5 Å².